The van der Waals surface area contributed by atoms with E-state index in [4.69, 9.17) is 9.47 Å². The quantitative estimate of drug-likeness (QED) is 0.939. The topological polar surface area (TPSA) is 30.5 Å². The zero-order chi connectivity index (χ0) is 15.7. The lowest BCUT2D eigenvalue weighted by molar-refractivity contribution is 0.353. The van der Waals surface area contributed by atoms with Crippen LogP contribution in [0, 0.1) is 13.8 Å². The van der Waals surface area contributed by atoms with E-state index in [0.29, 0.717) is 0 Å². The normalized spacial score (nSPS) is 17.0. The van der Waals surface area contributed by atoms with Crippen LogP contribution in [0.15, 0.2) is 30.3 Å². The van der Waals surface area contributed by atoms with Crippen LogP contribution in [0.2, 0.25) is 0 Å². The first-order valence-electron chi connectivity index (χ1n) is 7.69. The summed E-state index contributed by atoms with van der Waals surface area (Å²) in [5.41, 5.74) is 6.57. The van der Waals surface area contributed by atoms with Gasteiger partial charge in [-0.1, -0.05) is 23.8 Å². The summed E-state index contributed by atoms with van der Waals surface area (Å²) in [5.74, 6) is 1.60. The third-order valence-corrected chi connectivity index (χ3v) is 4.44. The largest absolute Gasteiger partial charge is 0.493 e. The zero-order valence-electron chi connectivity index (χ0n) is 13.7. The molecular weight excluding hydrogens is 274 g/mol. The van der Waals surface area contributed by atoms with Crippen LogP contribution in [0.3, 0.4) is 0 Å². The van der Waals surface area contributed by atoms with Crippen molar-refractivity contribution in [3.63, 3.8) is 0 Å². The third-order valence-electron chi connectivity index (χ3n) is 4.44. The molecule has 3 rings (SSSR count). The number of hydrogen-bond acceptors (Lipinski definition) is 3. The smallest absolute Gasteiger partial charge is 0.161 e. The Morgan fingerprint density at radius 1 is 0.955 bits per heavy atom. The highest BCUT2D eigenvalue weighted by molar-refractivity contribution is 5.52. The molecule has 0 saturated carbocycles. The lowest BCUT2D eigenvalue weighted by Crippen LogP contribution is -2.31. The SMILES string of the molecule is COc1cc2c(cc1OC)[C@H](c1ccc(C)cc1C)NCC2. The van der Waals surface area contributed by atoms with Crippen molar-refractivity contribution in [2.45, 2.75) is 26.3 Å². The molecular formula is C19H23NO2. The standard InChI is InChI=1S/C19H23NO2/c1-12-5-6-15(13(2)9-12)19-16-11-18(22-4)17(21-3)10-14(16)7-8-20-19/h5-6,9-11,19-20H,7-8H2,1-4H3/t19-/m0/s1. The average Bonchev–Trinajstić information content (AvgIpc) is 2.53. The van der Waals surface area contributed by atoms with Crippen LogP contribution in [-0.2, 0) is 6.42 Å². The summed E-state index contributed by atoms with van der Waals surface area (Å²) in [6, 6.07) is 11.1. The molecule has 0 radical (unpaired) electrons. The molecule has 0 spiro atoms. The molecule has 1 atom stereocenters. The second-order valence-electron chi connectivity index (χ2n) is 5.90. The monoisotopic (exact) mass is 297 g/mol. The van der Waals surface area contributed by atoms with E-state index < -0.39 is 0 Å². The van der Waals surface area contributed by atoms with Crippen LogP contribution in [0.4, 0.5) is 0 Å². The van der Waals surface area contributed by atoms with Gasteiger partial charge in [0.1, 0.15) is 0 Å². The first-order valence-corrected chi connectivity index (χ1v) is 7.69. The minimum Gasteiger partial charge on any atom is -0.493 e. The Labute approximate surface area is 132 Å². The summed E-state index contributed by atoms with van der Waals surface area (Å²) in [6.07, 6.45) is 1.01. The van der Waals surface area contributed by atoms with Gasteiger partial charge in [0.25, 0.3) is 0 Å². The minimum atomic E-state index is 0.212. The van der Waals surface area contributed by atoms with Gasteiger partial charge in [0.15, 0.2) is 11.5 Å². The number of benzene rings is 2. The molecule has 0 aliphatic carbocycles. The van der Waals surface area contributed by atoms with E-state index in [1.165, 1.54) is 27.8 Å². The molecule has 0 bridgehead atoms. The summed E-state index contributed by atoms with van der Waals surface area (Å²) in [4.78, 5) is 0. The van der Waals surface area contributed by atoms with Crippen LogP contribution in [0.1, 0.15) is 33.9 Å². The Bertz CT molecular complexity index is 694. The van der Waals surface area contributed by atoms with Crippen LogP contribution in [-0.4, -0.2) is 20.8 Å². The van der Waals surface area contributed by atoms with Crippen molar-refractivity contribution < 1.29 is 9.47 Å². The molecule has 1 N–H and O–H groups in total. The molecule has 0 fully saturated rings. The van der Waals surface area contributed by atoms with Gasteiger partial charge >= 0.3 is 0 Å². The number of nitrogens with one attached hydrogen (secondary N) is 1. The average molecular weight is 297 g/mol. The maximum atomic E-state index is 5.48. The fourth-order valence-corrected chi connectivity index (χ4v) is 3.31. The van der Waals surface area contributed by atoms with Gasteiger partial charge in [-0.15, -0.1) is 0 Å². The van der Waals surface area contributed by atoms with E-state index in [1.807, 2.05) is 0 Å². The van der Waals surface area contributed by atoms with E-state index >= 15 is 0 Å². The lowest BCUT2D eigenvalue weighted by atomic mass is 9.87. The Morgan fingerprint density at radius 3 is 2.36 bits per heavy atom. The van der Waals surface area contributed by atoms with Gasteiger partial charge in [0.05, 0.1) is 20.3 Å². The van der Waals surface area contributed by atoms with Gasteiger partial charge in [-0.3, -0.25) is 0 Å². The summed E-state index contributed by atoms with van der Waals surface area (Å²) in [6.45, 7) is 5.28. The second kappa shape index (κ2) is 6.01. The van der Waals surface area contributed by atoms with Gasteiger partial charge in [0.2, 0.25) is 0 Å². The van der Waals surface area contributed by atoms with E-state index in [2.05, 4.69) is 49.5 Å². The van der Waals surface area contributed by atoms with Gasteiger partial charge in [-0.2, -0.15) is 0 Å². The third kappa shape index (κ3) is 2.57. The molecule has 3 nitrogen and oxygen atoms in total. The van der Waals surface area contributed by atoms with E-state index in [9.17, 15) is 0 Å². The highest BCUT2D eigenvalue weighted by Gasteiger charge is 2.24. The number of hydrogen-bond donors (Lipinski definition) is 1. The molecule has 1 heterocycles. The highest BCUT2D eigenvalue weighted by atomic mass is 16.5. The Balaban J connectivity index is 2.10. The number of ether oxygens (including phenoxy) is 2. The summed E-state index contributed by atoms with van der Waals surface area (Å²) in [5, 5.41) is 3.64. The highest BCUT2D eigenvalue weighted by Crippen LogP contribution is 2.38. The fourth-order valence-electron chi connectivity index (χ4n) is 3.31. The van der Waals surface area contributed by atoms with Crippen LogP contribution < -0.4 is 14.8 Å². The maximum absolute atomic E-state index is 5.48. The van der Waals surface area contributed by atoms with E-state index in [-0.39, 0.29) is 6.04 Å². The summed E-state index contributed by atoms with van der Waals surface area (Å²) >= 11 is 0. The summed E-state index contributed by atoms with van der Waals surface area (Å²) < 4.78 is 10.9. The van der Waals surface area contributed by atoms with Crippen molar-refractivity contribution in [2.75, 3.05) is 20.8 Å². The Hall–Kier alpha value is -2.00. The van der Waals surface area contributed by atoms with Gasteiger partial charge in [0, 0.05) is 6.54 Å². The molecule has 1 aliphatic heterocycles. The molecule has 22 heavy (non-hydrogen) atoms. The molecule has 116 valence electrons. The number of fused-ring (bicyclic) bond motifs is 1. The van der Waals surface area contributed by atoms with Crippen molar-refractivity contribution in [1.29, 1.82) is 0 Å². The van der Waals surface area contributed by atoms with Crippen molar-refractivity contribution in [3.8, 4) is 11.5 Å². The predicted molar refractivity (Wildman–Crippen MR) is 89.0 cm³/mol. The molecule has 0 saturated heterocycles. The Kier molecular flexibility index (Phi) is 4.08. The number of aryl methyl sites for hydroxylation is 2. The van der Waals surface area contributed by atoms with Crippen molar-refractivity contribution >= 4 is 0 Å². The number of rotatable bonds is 3. The molecule has 2 aromatic carbocycles. The van der Waals surface area contributed by atoms with Crippen molar-refractivity contribution in [2.24, 2.45) is 0 Å². The zero-order valence-corrected chi connectivity index (χ0v) is 13.7. The lowest BCUT2D eigenvalue weighted by Gasteiger charge is -2.29. The maximum Gasteiger partial charge on any atom is 0.161 e. The molecule has 0 amide bonds. The van der Waals surface area contributed by atoms with Gasteiger partial charge in [-0.25, -0.2) is 0 Å². The van der Waals surface area contributed by atoms with E-state index in [1.54, 1.807) is 14.2 Å². The van der Waals surface area contributed by atoms with Crippen molar-refractivity contribution in [3.05, 3.63) is 58.1 Å². The molecule has 1 aliphatic rings. The van der Waals surface area contributed by atoms with Gasteiger partial charge in [-0.05, 0) is 54.7 Å². The van der Waals surface area contributed by atoms with E-state index in [0.717, 1.165) is 24.5 Å². The van der Waals surface area contributed by atoms with Crippen LogP contribution in [0.25, 0.3) is 0 Å². The summed E-state index contributed by atoms with van der Waals surface area (Å²) in [7, 11) is 3.37. The fraction of sp³-hybridized carbons (Fsp3) is 0.368. The molecule has 3 heteroatoms. The first-order chi connectivity index (χ1) is 10.6. The Morgan fingerprint density at radius 2 is 1.68 bits per heavy atom. The van der Waals surface area contributed by atoms with Crippen LogP contribution >= 0.6 is 0 Å². The van der Waals surface area contributed by atoms with Crippen LogP contribution in [0.5, 0.6) is 11.5 Å². The van der Waals surface area contributed by atoms with Gasteiger partial charge < -0.3 is 14.8 Å². The second-order valence-corrected chi connectivity index (χ2v) is 5.90. The minimum absolute atomic E-state index is 0.212. The predicted octanol–water partition coefficient (Wildman–Crippen LogP) is 3.56. The van der Waals surface area contributed by atoms with Crippen molar-refractivity contribution in [1.82, 2.24) is 5.32 Å². The first kappa shape index (κ1) is 14.9. The number of methoxy groups -OCH3 is 2. The molecule has 0 unspecified atom stereocenters. The molecule has 0 aromatic heterocycles. The molecule has 2 aromatic rings.